The van der Waals surface area contributed by atoms with E-state index < -0.39 is 0 Å². The summed E-state index contributed by atoms with van der Waals surface area (Å²) >= 11 is 0. The molecule has 0 fully saturated rings. The normalized spacial score (nSPS) is 15.0. The molecule has 56 heavy (non-hydrogen) atoms. The molecule has 0 saturated carbocycles. The number of nitrogens with zero attached hydrogens (tertiary/aromatic N) is 5. The van der Waals surface area contributed by atoms with Gasteiger partial charge in [0.2, 0.25) is 0 Å². The van der Waals surface area contributed by atoms with Crippen LogP contribution in [0.1, 0.15) is 49.9 Å². The van der Waals surface area contributed by atoms with Crippen LogP contribution in [0.2, 0.25) is 0 Å². The van der Waals surface area contributed by atoms with Gasteiger partial charge in [0.1, 0.15) is 0 Å². The van der Waals surface area contributed by atoms with E-state index in [2.05, 4.69) is 152 Å². The second-order valence-electron chi connectivity index (χ2n) is 16.5. The third kappa shape index (κ3) is 4.02. The minimum absolute atomic E-state index is 0.184. The molecular weight excluding hydrogens is 683 g/mol. The number of aromatic nitrogens is 4. The lowest BCUT2D eigenvalue weighted by molar-refractivity contribution is 0.597. The molecule has 0 bridgehead atoms. The maximum Gasteiger partial charge on any atom is 0.164 e. The maximum atomic E-state index is 5.13. The van der Waals surface area contributed by atoms with Gasteiger partial charge in [0.05, 0.1) is 33.8 Å². The van der Waals surface area contributed by atoms with Crippen LogP contribution in [0.25, 0.3) is 72.8 Å². The molecule has 5 heterocycles. The molecule has 3 aliphatic rings. The zero-order valence-electron chi connectivity index (χ0n) is 31.7. The largest absolute Gasteiger partial charge is 0.305 e. The molecule has 9 aromatic rings. The summed E-state index contributed by atoms with van der Waals surface area (Å²) in [6.45, 7) is 9.64. The zero-order valence-corrected chi connectivity index (χ0v) is 31.7. The molecule has 266 valence electrons. The quantitative estimate of drug-likeness (QED) is 0.182. The van der Waals surface area contributed by atoms with E-state index in [-0.39, 0.29) is 10.8 Å². The van der Waals surface area contributed by atoms with Crippen LogP contribution in [-0.2, 0) is 10.8 Å². The van der Waals surface area contributed by atoms with E-state index in [1.807, 2.05) is 36.4 Å². The molecule has 12 rings (SSSR count). The molecule has 0 amide bonds. The van der Waals surface area contributed by atoms with Crippen molar-refractivity contribution in [3.63, 3.8) is 0 Å². The van der Waals surface area contributed by atoms with Gasteiger partial charge < -0.3 is 9.47 Å². The second-order valence-corrected chi connectivity index (χ2v) is 16.5. The maximum absolute atomic E-state index is 5.13. The molecule has 3 aliphatic heterocycles. The summed E-state index contributed by atoms with van der Waals surface area (Å²) in [6.07, 6.45) is 0. The number of anilines is 3. The van der Waals surface area contributed by atoms with Crippen LogP contribution in [0, 0.1) is 0 Å². The number of hydrogen-bond acceptors (Lipinski definition) is 4. The number of fused-ring (bicyclic) bond motifs is 4. The lowest BCUT2D eigenvalue weighted by Crippen LogP contribution is -2.40. The summed E-state index contributed by atoms with van der Waals surface area (Å²) in [5.74, 6) is 1.97. The lowest BCUT2D eigenvalue weighted by Gasteiger charge is -2.52. The molecular formula is C51H37N5. The molecule has 5 heteroatoms. The van der Waals surface area contributed by atoms with Crippen molar-refractivity contribution >= 4 is 38.9 Å². The minimum Gasteiger partial charge on any atom is -0.305 e. The lowest BCUT2D eigenvalue weighted by atomic mass is 9.64. The number of benzene rings is 7. The summed E-state index contributed by atoms with van der Waals surface area (Å²) in [5, 5.41) is 2.40. The third-order valence-corrected chi connectivity index (χ3v) is 12.7. The van der Waals surface area contributed by atoms with Gasteiger partial charge in [0.15, 0.2) is 17.5 Å². The molecule has 0 aliphatic carbocycles. The smallest absolute Gasteiger partial charge is 0.164 e. The van der Waals surface area contributed by atoms with Gasteiger partial charge in [-0.3, -0.25) is 0 Å². The molecule has 0 atom stereocenters. The van der Waals surface area contributed by atoms with Gasteiger partial charge in [-0.1, -0.05) is 149 Å². The third-order valence-electron chi connectivity index (χ3n) is 12.7. The highest BCUT2D eigenvalue weighted by atomic mass is 15.2. The van der Waals surface area contributed by atoms with Crippen LogP contribution in [0.15, 0.2) is 152 Å². The van der Waals surface area contributed by atoms with E-state index in [4.69, 9.17) is 15.0 Å². The van der Waals surface area contributed by atoms with Gasteiger partial charge in [-0.15, -0.1) is 0 Å². The summed E-state index contributed by atoms with van der Waals surface area (Å²) in [6, 6.07) is 54.5. The van der Waals surface area contributed by atoms with Crippen LogP contribution in [0.3, 0.4) is 0 Å². The molecule has 2 aromatic heterocycles. The summed E-state index contributed by atoms with van der Waals surface area (Å²) in [7, 11) is 0. The van der Waals surface area contributed by atoms with Crippen molar-refractivity contribution in [1.29, 1.82) is 0 Å². The Hall–Kier alpha value is -6.85. The first-order chi connectivity index (χ1) is 27.3. The standard InChI is InChI=1S/C51H37N5/c1-50(2)37-22-14-23-38-44(37)56-45-39(50)24-15-25-41(45)55-40-27-26-33(49-53-47(31-18-10-6-11-19-31)52-48(54-49)32-20-12-7-13-21-32)28-35(40)36-29-34(30-16-8-5-9-17-30)42(51(38,3)4)46(56)43(36)55/h5-29H,1-4H3. The molecule has 5 nitrogen and oxygen atoms in total. The van der Waals surface area contributed by atoms with Gasteiger partial charge in [-0.05, 0) is 63.7 Å². The predicted molar refractivity (Wildman–Crippen MR) is 228 cm³/mol. The van der Waals surface area contributed by atoms with E-state index in [1.165, 1.54) is 77.9 Å². The molecule has 0 saturated heterocycles. The summed E-state index contributed by atoms with van der Waals surface area (Å²) in [4.78, 5) is 17.9. The Morgan fingerprint density at radius 1 is 0.429 bits per heavy atom. The Morgan fingerprint density at radius 2 is 0.964 bits per heavy atom. The van der Waals surface area contributed by atoms with Gasteiger partial charge >= 0.3 is 0 Å². The van der Waals surface area contributed by atoms with Gasteiger partial charge in [0, 0.05) is 38.3 Å². The highest BCUT2D eigenvalue weighted by molar-refractivity contribution is 6.21. The first-order valence-electron chi connectivity index (χ1n) is 19.5. The monoisotopic (exact) mass is 719 g/mol. The molecule has 0 spiro atoms. The van der Waals surface area contributed by atoms with Crippen LogP contribution < -0.4 is 4.90 Å². The average molecular weight is 720 g/mol. The molecule has 7 aromatic carbocycles. The Balaban J connectivity index is 1.21. The summed E-state index contributed by atoms with van der Waals surface area (Å²) < 4.78 is 2.54. The molecule has 0 N–H and O–H groups in total. The van der Waals surface area contributed by atoms with Crippen molar-refractivity contribution in [3.05, 3.63) is 174 Å². The first kappa shape index (κ1) is 31.5. The van der Waals surface area contributed by atoms with Crippen molar-refractivity contribution in [2.75, 3.05) is 4.90 Å². The minimum atomic E-state index is -0.268. The van der Waals surface area contributed by atoms with E-state index >= 15 is 0 Å². The highest BCUT2D eigenvalue weighted by Gasteiger charge is 2.50. The fraction of sp³-hybridized carbons (Fsp3) is 0.118. The van der Waals surface area contributed by atoms with Crippen molar-refractivity contribution in [2.24, 2.45) is 0 Å². The van der Waals surface area contributed by atoms with E-state index in [0.717, 1.165) is 16.7 Å². The number of para-hydroxylation sites is 2. The molecule has 0 unspecified atom stereocenters. The van der Waals surface area contributed by atoms with Crippen LogP contribution in [-0.4, -0.2) is 19.5 Å². The Morgan fingerprint density at radius 3 is 1.59 bits per heavy atom. The van der Waals surface area contributed by atoms with Crippen LogP contribution in [0.4, 0.5) is 17.1 Å². The fourth-order valence-corrected chi connectivity index (χ4v) is 10.0. The van der Waals surface area contributed by atoms with Crippen molar-refractivity contribution < 1.29 is 0 Å². The highest BCUT2D eigenvalue weighted by Crippen LogP contribution is 2.66. The SMILES string of the molecule is CC1(C)c2cccc3c2N2c4c1cccc4C(C)(C)c1c(-c4ccccc4)cc4c5cc(-c6nc(-c7ccccc7)nc(-c7ccccc7)n6)ccc5n-3c4c12. The van der Waals surface area contributed by atoms with Crippen LogP contribution >= 0.6 is 0 Å². The number of hydrogen-bond donors (Lipinski definition) is 0. The molecule has 0 radical (unpaired) electrons. The summed E-state index contributed by atoms with van der Waals surface area (Å²) in [5.41, 5.74) is 17.9. The van der Waals surface area contributed by atoms with E-state index in [9.17, 15) is 0 Å². The van der Waals surface area contributed by atoms with E-state index in [0.29, 0.717) is 17.5 Å². The topological polar surface area (TPSA) is 46.8 Å². The fourth-order valence-electron chi connectivity index (χ4n) is 10.0. The van der Waals surface area contributed by atoms with Gasteiger partial charge in [0.25, 0.3) is 0 Å². The van der Waals surface area contributed by atoms with Crippen molar-refractivity contribution in [3.8, 4) is 51.0 Å². The predicted octanol–water partition coefficient (Wildman–Crippen LogP) is 12.7. The Labute approximate surface area is 325 Å². The first-order valence-corrected chi connectivity index (χ1v) is 19.5. The second kappa shape index (κ2) is 10.9. The van der Waals surface area contributed by atoms with Crippen LogP contribution in [0.5, 0.6) is 0 Å². The Bertz CT molecular complexity index is 3060. The van der Waals surface area contributed by atoms with Gasteiger partial charge in [-0.2, -0.15) is 0 Å². The number of rotatable bonds is 4. The zero-order chi connectivity index (χ0) is 37.5. The van der Waals surface area contributed by atoms with Crippen molar-refractivity contribution in [1.82, 2.24) is 19.5 Å². The van der Waals surface area contributed by atoms with Crippen molar-refractivity contribution in [2.45, 2.75) is 38.5 Å². The average Bonchev–Trinajstić information content (AvgIpc) is 3.57. The van der Waals surface area contributed by atoms with E-state index in [1.54, 1.807) is 0 Å². The Kier molecular flexibility index (Phi) is 6.12. The van der Waals surface area contributed by atoms with Gasteiger partial charge in [-0.25, -0.2) is 15.0 Å².